The Bertz CT molecular complexity index is 619. The molecule has 6 heteroatoms. The van der Waals surface area contributed by atoms with E-state index >= 15 is 0 Å². The van der Waals surface area contributed by atoms with E-state index in [0.717, 1.165) is 16.9 Å². The molecule has 0 spiro atoms. The molecule has 0 saturated carbocycles. The van der Waals surface area contributed by atoms with Gasteiger partial charge in [-0.1, -0.05) is 0 Å². The zero-order valence-corrected chi connectivity index (χ0v) is 10.3. The highest BCUT2D eigenvalue weighted by Gasteiger charge is 2.19. The summed E-state index contributed by atoms with van der Waals surface area (Å²) in [5, 5.41) is 22.9. The van der Waals surface area contributed by atoms with E-state index in [-0.39, 0.29) is 11.6 Å². The molecule has 1 aromatic rings. The maximum atomic E-state index is 11.5. The van der Waals surface area contributed by atoms with Gasteiger partial charge >= 0.3 is 6.03 Å². The minimum atomic E-state index is -0.135. The fourth-order valence-electron chi connectivity index (χ4n) is 1.79. The van der Waals surface area contributed by atoms with Gasteiger partial charge in [-0.3, -0.25) is 4.90 Å². The molecule has 1 heterocycles. The molecule has 0 fully saturated rings. The number of amides is 2. The summed E-state index contributed by atoms with van der Waals surface area (Å²) in [6.07, 6.45) is 1.35. The molecule has 1 aliphatic rings. The van der Waals surface area contributed by atoms with Crippen molar-refractivity contribution < 1.29 is 4.79 Å². The monoisotopic (exact) mass is 253 g/mol. The Morgan fingerprint density at radius 3 is 2.89 bits per heavy atom. The summed E-state index contributed by atoms with van der Waals surface area (Å²) in [6, 6.07) is 8.88. The summed E-state index contributed by atoms with van der Waals surface area (Å²) in [5.74, 6) is 0. The molecule has 1 aromatic carbocycles. The zero-order valence-electron chi connectivity index (χ0n) is 10.3. The molecule has 0 atom stereocenters. The molecule has 19 heavy (non-hydrogen) atoms. The van der Waals surface area contributed by atoms with Gasteiger partial charge in [0.25, 0.3) is 0 Å². The number of carbonyl (C=O) groups is 1. The molecule has 0 radical (unpaired) electrons. The number of hydrogen-bond acceptors (Lipinski definition) is 4. The van der Waals surface area contributed by atoms with Crippen molar-refractivity contribution in [3.63, 3.8) is 0 Å². The number of carbonyl (C=O) groups excluding carboxylic acids is 1. The lowest BCUT2D eigenvalue weighted by Gasteiger charge is -2.26. The maximum absolute atomic E-state index is 11.5. The second-order valence-electron chi connectivity index (χ2n) is 3.99. The largest absolute Gasteiger partial charge is 0.360 e. The van der Waals surface area contributed by atoms with E-state index in [9.17, 15) is 4.79 Å². The highest BCUT2D eigenvalue weighted by molar-refractivity contribution is 5.94. The highest BCUT2D eigenvalue weighted by atomic mass is 16.2. The highest BCUT2D eigenvalue weighted by Crippen LogP contribution is 2.26. The van der Waals surface area contributed by atoms with E-state index in [1.54, 1.807) is 25.3 Å². The van der Waals surface area contributed by atoms with E-state index < -0.39 is 0 Å². The van der Waals surface area contributed by atoms with Gasteiger partial charge in [0.15, 0.2) is 0 Å². The van der Waals surface area contributed by atoms with E-state index in [1.807, 2.05) is 12.1 Å². The molecule has 6 nitrogen and oxygen atoms in total. The van der Waals surface area contributed by atoms with Crippen LogP contribution >= 0.6 is 0 Å². The average Bonchev–Trinajstić information content (AvgIpc) is 2.44. The summed E-state index contributed by atoms with van der Waals surface area (Å²) in [6.45, 7) is 0.459. The van der Waals surface area contributed by atoms with Crippen molar-refractivity contribution >= 4 is 17.4 Å². The van der Waals surface area contributed by atoms with E-state index in [0.29, 0.717) is 6.54 Å². The van der Waals surface area contributed by atoms with Gasteiger partial charge in [-0.05, 0) is 23.8 Å². The second-order valence-corrected chi connectivity index (χ2v) is 3.99. The normalized spacial score (nSPS) is 12.6. The molecule has 2 amide bonds. The topological polar surface area (TPSA) is 91.9 Å². The number of anilines is 2. The van der Waals surface area contributed by atoms with E-state index in [1.165, 1.54) is 11.1 Å². The van der Waals surface area contributed by atoms with Crippen LogP contribution in [0.1, 0.15) is 5.56 Å². The summed E-state index contributed by atoms with van der Waals surface area (Å²) < 4.78 is 0. The number of nitrogens with one attached hydrogen (secondary N) is 2. The van der Waals surface area contributed by atoms with Crippen molar-refractivity contribution in [3.8, 4) is 12.1 Å². The van der Waals surface area contributed by atoms with E-state index in [2.05, 4.69) is 10.6 Å². The Hall–Kier alpha value is -2.99. The first-order chi connectivity index (χ1) is 9.15. The van der Waals surface area contributed by atoms with Crippen molar-refractivity contribution in [2.75, 3.05) is 17.3 Å². The lowest BCUT2D eigenvalue weighted by molar-refractivity contribution is 0.246. The third kappa shape index (κ3) is 2.48. The Morgan fingerprint density at radius 1 is 1.47 bits per heavy atom. The maximum Gasteiger partial charge on any atom is 0.321 e. The Labute approximate surface area is 110 Å². The number of nitrogens with zero attached hydrogens (tertiary/aromatic N) is 3. The van der Waals surface area contributed by atoms with Crippen molar-refractivity contribution in [2.45, 2.75) is 6.54 Å². The molecule has 0 unspecified atom stereocenters. The van der Waals surface area contributed by atoms with E-state index in [4.69, 9.17) is 10.5 Å². The molecule has 94 valence electrons. The molecule has 0 aliphatic carbocycles. The number of hydrogen-bond donors (Lipinski definition) is 2. The second kappa shape index (κ2) is 5.11. The van der Waals surface area contributed by atoms with Crippen molar-refractivity contribution in [1.29, 1.82) is 10.5 Å². The van der Waals surface area contributed by atoms with Crippen LogP contribution in [-0.4, -0.2) is 13.1 Å². The van der Waals surface area contributed by atoms with Crippen molar-refractivity contribution in [3.05, 3.63) is 35.5 Å². The summed E-state index contributed by atoms with van der Waals surface area (Å²) in [5.41, 5.74) is 2.57. The number of allylic oxidation sites excluding steroid dienone is 1. The summed E-state index contributed by atoms with van der Waals surface area (Å²) in [4.78, 5) is 13.0. The summed E-state index contributed by atoms with van der Waals surface area (Å²) in [7, 11) is 1.70. The van der Waals surface area contributed by atoms with Crippen LogP contribution in [0.15, 0.2) is 30.0 Å². The van der Waals surface area contributed by atoms with Gasteiger partial charge in [0.1, 0.15) is 17.7 Å². The molecular weight excluding hydrogens is 242 g/mol. The molecule has 0 saturated heterocycles. The molecule has 1 aliphatic heterocycles. The quantitative estimate of drug-likeness (QED) is 0.784. The predicted octanol–water partition coefficient (Wildman–Crippen LogP) is 1.69. The van der Waals surface area contributed by atoms with Crippen molar-refractivity contribution in [2.24, 2.45) is 0 Å². The average molecular weight is 253 g/mol. The predicted molar refractivity (Wildman–Crippen MR) is 70.0 cm³/mol. The van der Waals surface area contributed by atoms with Crippen LogP contribution in [0.4, 0.5) is 16.2 Å². The smallest absolute Gasteiger partial charge is 0.321 e. The number of rotatable bonds is 2. The standard InChI is InChI=1S/C13H11N5O/c1-18-12-3-2-11(16-7-9(5-14)6-15)4-10(12)8-17-13(18)19/h2-4,7,16H,8H2,1H3,(H,17,19). The van der Waals surface area contributed by atoms with Gasteiger partial charge in [-0.25, -0.2) is 4.79 Å². The SMILES string of the molecule is CN1C(=O)NCc2cc(NC=C(C#N)C#N)ccc21. The first kappa shape index (κ1) is 12.5. The molecule has 2 rings (SSSR count). The zero-order chi connectivity index (χ0) is 13.8. The Balaban J connectivity index is 2.24. The Morgan fingerprint density at radius 2 is 2.21 bits per heavy atom. The lowest BCUT2D eigenvalue weighted by Crippen LogP contribution is -2.41. The van der Waals surface area contributed by atoms with Gasteiger partial charge < -0.3 is 10.6 Å². The number of nitriles is 2. The van der Waals surface area contributed by atoms with Crippen LogP contribution in [0.5, 0.6) is 0 Å². The van der Waals surface area contributed by atoms with Crippen LogP contribution in [0, 0.1) is 22.7 Å². The molecule has 0 bridgehead atoms. The lowest BCUT2D eigenvalue weighted by atomic mass is 10.1. The molecule has 2 N–H and O–H groups in total. The first-order valence-electron chi connectivity index (χ1n) is 5.57. The van der Waals surface area contributed by atoms with Crippen molar-refractivity contribution in [1.82, 2.24) is 5.32 Å². The molecule has 0 aromatic heterocycles. The van der Waals surface area contributed by atoms with Gasteiger partial charge in [0.05, 0.1) is 5.69 Å². The minimum absolute atomic E-state index is 0.00291. The molecular formula is C13H11N5O. The van der Waals surface area contributed by atoms with Gasteiger partial charge in [-0.15, -0.1) is 0 Å². The van der Waals surface area contributed by atoms with Gasteiger partial charge in [0.2, 0.25) is 0 Å². The minimum Gasteiger partial charge on any atom is -0.360 e. The van der Waals surface area contributed by atoms with Gasteiger partial charge in [0, 0.05) is 25.5 Å². The van der Waals surface area contributed by atoms with Crippen LogP contribution < -0.4 is 15.5 Å². The third-order valence-corrected chi connectivity index (χ3v) is 2.80. The van der Waals surface area contributed by atoms with Crippen LogP contribution in [0.3, 0.4) is 0 Å². The van der Waals surface area contributed by atoms with Crippen LogP contribution in [-0.2, 0) is 6.54 Å². The van der Waals surface area contributed by atoms with Gasteiger partial charge in [-0.2, -0.15) is 10.5 Å². The number of fused-ring (bicyclic) bond motifs is 1. The van der Waals surface area contributed by atoms with Crippen LogP contribution in [0.25, 0.3) is 0 Å². The number of urea groups is 1. The summed E-state index contributed by atoms with van der Waals surface area (Å²) >= 11 is 0. The number of benzene rings is 1. The third-order valence-electron chi connectivity index (χ3n) is 2.80. The fraction of sp³-hybridized carbons (Fsp3) is 0.154. The Kier molecular flexibility index (Phi) is 3.35. The first-order valence-corrected chi connectivity index (χ1v) is 5.57. The fourth-order valence-corrected chi connectivity index (χ4v) is 1.79. The van der Waals surface area contributed by atoms with Crippen LogP contribution in [0.2, 0.25) is 0 Å².